The Bertz CT molecular complexity index is 973. The smallest absolute Gasteiger partial charge is 0.339 e. The summed E-state index contributed by atoms with van der Waals surface area (Å²) in [6, 6.07) is 13.2. The fourth-order valence-corrected chi connectivity index (χ4v) is 2.88. The fraction of sp³-hybridized carbons (Fsp3) is 0.238. The Labute approximate surface area is 172 Å². The Morgan fingerprint density at radius 2 is 1.83 bits per heavy atom. The number of rotatable bonds is 6. The zero-order valence-electron chi connectivity index (χ0n) is 16.3. The third-order valence-electron chi connectivity index (χ3n) is 4.29. The van der Waals surface area contributed by atoms with Gasteiger partial charge < -0.3 is 19.5 Å². The molecule has 2 amide bonds. The van der Waals surface area contributed by atoms with Gasteiger partial charge in [0.15, 0.2) is 6.61 Å². The standard InChI is InChI=1S/C21H20N2O7/c1-28-21(27)14-6-2-3-7-15(14)22-18(24)13-30-20(26)12-23-16-8-4-5-9-17(16)29-11-10-19(23)25/h2-9H,10-13H2,1H3,(H,22,24). The summed E-state index contributed by atoms with van der Waals surface area (Å²) in [7, 11) is 1.23. The number of benzene rings is 2. The number of para-hydroxylation sites is 3. The van der Waals surface area contributed by atoms with E-state index in [0.29, 0.717) is 11.4 Å². The van der Waals surface area contributed by atoms with Crippen LogP contribution in [0.25, 0.3) is 0 Å². The lowest BCUT2D eigenvalue weighted by atomic mass is 10.2. The summed E-state index contributed by atoms with van der Waals surface area (Å²) in [5.41, 5.74) is 0.874. The van der Waals surface area contributed by atoms with Crippen molar-refractivity contribution >= 4 is 35.1 Å². The number of hydrogen-bond acceptors (Lipinski definition) is 7. The van der Waals surface area contributed by atoms with E-state index < -0.39 is 24.5 Å². The molecule has 9 nitrogen and oxygen atoms in total. The Morgan fingerprint density at radius 1 is 1.10 bits per heavy atom. The second kappa shape index (κ2) is 9.55. The van der Waals surface area contributed by atoms with Crippen molar-refractivity contribution in [3.63, 3.8) is 0 Å². The van der Waals surface area contributed by atoms with Gasteiger partial charge in [0.25, 0.3) is 5.91 Å². The number of methoxy groups -OCH3 is 1. The monoisotopic (exact) mass is 412 g/mol. The summed E-state index contributed by atoms with van der Waals surface area (Å²) < 4.78 is 15.2. The lowest BCUT2D eigenvalue weighted by molar-refractivity contribution is -0.146. The van der Waals surface area contributed by atoms with Gasteiger partial charge in [-0.2, -0.15) is 0 Å². The Morgan fingerprint density at radius 3 is 2.63 bits per heavy atom. The molecule has 0 saturated heterocycles. The van der Waals surface area contributed by atoms with E-state index in [1.165, 1.54) is 24.1 Å². The number of esters is 2. The van der Waals surface area contributed by atoms with Gasteiger partial charge in [-0.3, -0.25) is 19.3 Å². The molecule has 1 N–H and O–H groups in total. The van der Waals surface area contributed by atoms with Gasteiger partial charge in [-0.25, -0.2) is 4.79 Å². The summed E-state index contributed by atoms with van der Waals surface area (Å²) in [4.78, 5) is 49.8. The molecule has 0 aromatic heterocycles. The predicted molar refractivity (Wildman–Crippen MR) is 106 cm³/mol. The highest BCUT2D eigenvalue weighted by Gasteiger charge is 2.26. The molecule has 30 heavy (non-hydrogen) atoms. The van der Waals surface area contributed by atoms with Crippen molar-refractivity contribution in [2.24, 2.45) is 0 Å². The Balaban J connectivity index is 1.59. The average molecular weight is 412 g/mol. The van der Waals surface area contributed by atoms with Crippen molar-refractivity contribution in [3.8, 4) is 5.75 Å². The average Bonchev–Trinajstić information content (AvgIpc) is 2.91. The molecule has 156 valence electrons. The summed E-state index contributed by atoms with van der Waals surface area (Å²) in [5.74, 6) is -1.78. The highest BCUT2D eigenvalue weighted by atomic mass is 16.5. The maximum atomic E-state index is 12.3. The number of carbonyl (C=O) groups excluding carboxylic acids is 4. The van der Waals surface area contributed by atoms with Crippen LogP contribution in [0.15, 0.2) is 48.5 Å². The lowest BCUT2D eigenvalue weighted by Crippen LogP contribution is -2.37. The summed E-state index contributed by atoms with van der Waals surface area (Å²) in [6.45, 7) is -0.719. The van der Waals surface area contributed by atoms with E-state index >= 15 is 0 Å². The van der Waals surface area contributed by atoms with E-state index in [1.807, 2.05) is 0 Å². The van der Waals surface area contributed by atoms with Crippen molar-refractivity contribution in [2.75, 3.05) is 37.1 Å². The zero-order chi connectivity index (χ0) is 21.5. The molecule has 9 heteroatoms. The molecule has 2 aromatic rings. The molecule has 1 aliphatic heterocycles. The topological polar surface area (TPSA) is 111 Å². The number of ether oxygens (including phenoxy) is 3. The minimum atomic E-state index is -0.753. The molecular weight excluding hydrogens is 392 g/mol. The molecule has 0 unspecified atom stereocenters. The highest BCUT2D eigenvalue weighted by Crippen LogP contribution is 2.30. The third-order valence-corrected chi connectivity index (χ3v) is 4.29. The van der Waals surface area contributed by atoms with Gasteiger partial charge in [0.2, 0.25) is 5.91 Å². The molecule has 0 spiro atoms. The van der Waals surface area contributed by atoms with E-state index in [-0.39, 0.29) is 36.7 Å². The minimum Gasteiger partial charge on any atom is -0.491 e. The van der Waals surface area contributed by atoms with Crippen LogP contribution in [0.5, 0.6) is 5.75 Å². The molecule has 0 aliphatic carbocycles. The number of amides is 2. The van der Waals surface area contributed by atoms with Crippen molar-refractivity contribution in [3.05, 3.63) is 54.1 Å². The summed E-state index contributed by atoms with van der Waals surface area (Å²) in [5, 5.41) is 2.50. The van der Waals surface area contributed by atoms with Crippen LogP contribution in [0.2, 0.25) is 0 Å². The first kappa shape index (κ1) is 20.8. The second-order valence-corrected chi connectivity index (χ2v) is 6.29. The fourth-order valence-electron chi connectivity index (χ4n) is 2.88. The van der Waals surface area contributed by atoms with Gasteiger partial charge in [0.1, 0.15) is 12.3 Å². The molecule has 2 aromatic carbocycles. The van der Waals surface area contributed by atoms with Gasteiger partial charge >= 0.3 is 11.9 Å². The molecule has 3 rings (SSSR count). The van der Waals surface area contributed by atoms with E-state index in [2.05, 4.69) is 10.1 Å². The molecular formula is C21H20N2O7. The van der Waals surface area contributed by atoms with Gasteiger partial charge in [-0.15, -0.1) is 0 Å². The van der Waals surface area contributed by atoms with Crippen molar-refractivity contribution < 1.29 is 33.4 Å². The summed E-state index contributed by atoms with van der Waals surface area (Å²) in [6.07, 6.45) is 0.118. The van der Waals surface area contributed by atoms with Crippen LogP contribution in [0.3, 0.4) is 0 Å². The predicted octanol–water partition coefficient (Wildman–Crippen LogP) is 1.77. The molecule has 0 bridgehead atoms. The van der Waals surface area contributed by atoms with Crippen LogP contribution in [0.4, 0.5) is 11.4 Å². The van der Waals surface area contributed by atoms with Crippen LogP contribution >= 0.6 is 0 Å². The Hall–Kier alpha value is -3.88. The van der Waals surface area contributed by atoms with Gasteiger partial charge in [-0.05, 0) is 24.3 Å². The van der Waals surface area contributed by atoms with Crippen LogP contribution in [-0.4, -0.2) is 50.6 Å². The van der Waals surface area contributed by atoms with Crippen LogP contribution in [0.1, 0.15) is 16.8 Å². The molecule has 0 radical (unpaired) electrons. The van der Waals surface area contributed by atoms with Crippen LogP contribution in [-0.2, 0) is 23.9 Å². The van der Waals surface area contributed by atoms with Crippen LogP contribution < -0.4 is 15.0 Å². The molecule has 1 aliphatic rings. The second-order valence-electron chi connectivity index (χ2n) is 6.29. The summed E-state index contributed by atoms with van der Waals surface area (Å²) >= 11 is 0. The number of carbonyl (C=O) groups is 4. The van der Waals surface area contributed by atoms with Crippen molar-refractivity contribution in [1.82, 2.24) is 0 Å². The van der Waals surface area contributed by atoms with E-state index in [1.54, 1.807) is 36.4 Å². The van der Waals surface area contributed by atoms with Gasteiger partial charge in [0, 0.05) is 0 Å². The number of anilines is 2. The molecule has 0 fully saturated rings. The highest BCUT2D eigenvalue weighted by molar-refractivity contribution is 6.02. The first-order valence-corrected chi connectivity index (χ1v) is 9.14. The van der Waals surface area contributed by atoms with Gasteiger partial charge in [0.05, 0.1) is 37.1 Å². The normalized spacial score (nSPS) is 12.8. The lowest BCUT2D eigenvalue weighted by Gasteiger charge is -2.20. The Kier molecular flexibility index (Phi) is 6.63. The quantitative estimate of drug-likeness (QED) is 0.720. The zero-order valence-corrected chi connectivity index (χ0v) is 16.3. The number of nitrogens with one attached hydrogen (secondary N) is 1. The number of fused-ring (bicyclic) bond motifs is 1. The van der Waals surface area contributed by atoms with E-state index in [0.717, 1.165) is 0 Å². The molecule has 1 heterocycles. The number of nitrogens with zero attached hydrogens (tertiary/aromatic N) is 1. The van der Waals surface area contributed by atoms with Crippen LogP contribution in [0, 0.1) is 0 Å². The first-order chi connectivity index (χ1) is 14.5. The van der Waals surface area contributed by atoms with E-state index in [4.69, 9.17) is 9.47 Å². The molecule has 0 saturated carbocycles. The molecule has 0 atom stereocenters. The maximum Gasteiger partial charge on any atom is 0.339 e. The maximum absolute atomic E-state index is 12.3. The number of hydrogen-bond donors (Lipinski definition) is 1. The first-order valence-electron chi connectivity index (χ1n) is 9.14. The van der Waals surface area contributed by atoms with Crippen molar-refractivity contribution in [2.45, 2.75) is 6.42 Å². The largest absolute Gasteiger partial charge is 0.491 e. The third kappa shape index (κ3) is 4.93. The van der Waals surface area contributed by atoms with Crippen molar-refractivity contribution in [1.29, 1.82) is 0 Å². The SMILES string of the molecule is COC(=O)c1ccccc1NC(=O)COC(=O)CN1C(=O)CCOc2ccccc21. The minimum absolute atomic E-state index is 0.118. The van der Waals surface area contributed by atoms with E-state index in [9.17, 15) is 19.2 Å². The van der Waals surface area contributed by atoms with Gasteiger partial charge in [-0.1, -0.05) is 24.3 Å².